The van der Waals surface area contributed by atoms with Crippen molar-refractivity contribution >= 4 is 27.7 Å². The highest BCUT2D eigenvalue weighted by Gasteiger charge is 2.12. The van der Waals surface area contributed by atoms with E-state index in [0.29, 0.717) is 17.9 Å². The van der Waals surface area contributed by atoms with Crippen LogP contribution in [0.1, 0.15) is 27.0 Å². The molecule has 1 aromatic heterocycles. The lowest BCUT2D eigenvalue weighted by molar-refractivity contribution is 0.102. The maximum absolute atomic E-state index is 12.5. The Morgan fingerprint density at radius 1 is 1.12 bits per heavy atom. The van der Waals surface area contributed by atoms with E-state index in [-0.39, 0.29) is 5.91 Å². The highest BCUT2D eigenvalue weighted by atomic mass is 79.9. The zero-order valence-corrected chi connectivity index (χ0v) is 15.2. The maximum atomic E-state index is 12.5. The largest absolute Gasteiger partial charge is 0.307 e. The van der Waals surface area contributed by atoms with E-state index in [9.17, 15) is 4.79 Å². The highest BCUT2D eigenvalue weighted by molar-refractivity contribution is 9.10. The van der Waals surface area contributed by atoms with Gasteiger partial charge in [-0.2, -0.15) is 5.10 Å². The average molecular weight is 384 g/mol. The lowest BCUT2D eigenvalue weighted by Gasteiger charge is -2.11. The molecule has 0 aliphatic carbocycles. The number of aryl methyl sites for hydroxylation is 2. The van der Waals surface area contributed by atoms with Crippen molar-refractivity contribution in [3.63, 3.8) is 0 Å². The molecule has 0 bridgehead atoms. The standard InChI is InChI=1S/C19H18BrN3O/c1-13-3-8-17(14(2)11-13)19(24)22-18-9-10-21-23(18)12-15-4-6-16(20)7-5-15/h3-11H,12H2,1-2H3,(H,22,24). The second-order valence-electron chi connectivity index (χ2n) is 5.77. The summed E-state index contributed by atoms with van der Waals surface area (Å²) in [5.74, 6) is 0.563. The summed E-state index contributed by atoms with van der Waals surface area (Å²) in [6, 6.07) is 15.7. The first-order valence-electron chi connectivity index (χ1n) is 7.68. The minimum Gasteiger partial charge on any atom is -0.307 e. The Balaban J connectivity index is 1.77. The van der Waals surface area contributed by atoms with Gasteiger partial charge in [-0.15, -0.1) is 0 Å². The van der Waals surface area contributed by atoms with E-state index in [1.54, 1.807) is 16.9 Å². The van der Waals surface area contributed by atoms with Crippen LogP contribution in [0.2, 0.25) is 0 Å². The molecular formula is C19H18BrN3O. The monoisotopic (exact) mass is 383 g/mol. The lowest BCUT2D eigenvalue weighted by Crippen LogP contribution is -2.17. The van der Waals surface area contributed by atoms with Crippen molar-refractivity contribution in [2.24, 2.45) is 0 Å². The summed E-state index contributed by atoms with van der Waals surface area (Å²) in [7, 11) is 0. The van der Waals surface area contributed by atoms with Crippen LogP contribution < -0.4 is 5.32 Å². The molecule has 0 saturated heterocycles. The normalized spacial score (nSPS) is 10.6. The third kappa shape index (κ3) is 3.74. The van der Waals surface area contributed by atoms with E-state index in [1.165, 1.54) is 0 Å². The summed E-state index contributed by atoms with van der Waals surface area (Å²) in [5.41, 5.74) is 3.90. The van der Waals surface area contributed by atoms with E-state index < -0.39 is 0 Å². The number of amides is 1. The van der Waals surface area contributed by atoms with Gasteiger partial charge in [0.05, 0.1) is 12.7 Å². The number of hydrogen-bond acceptors (Lipinski definition) is 2. The molecule has 0 radical (unpaired) electrons. The van der Waals surface area contributed by atoms with Gasteiger partial charge in [0.1, 0.15) is 5.82 Å². The van der Waals surface area contributed by atoms with Crippen LogP contribution in [-0.2, 0) is 6.54 Å². The lowest BCUT2D eigenvalue weighted by atomic mass is 10.1. The van der Waals surface area contributed by atoms with Crippen molar-refractivity contribution in [1.82, 2.24) is 9.78 Å². The molecule has 5 heteroatoms. The van der Waals surface area contributed by atoms with Crippen LogP contribution in [0.5, 0.6) is 0 Å². The molecule has 0 saturated carbocycles. The smallest absolute Gasteiger partial charge is 0.257 e. The number of benzene rings is 2. The SMILES string of the molecule is Cc1ccc(C(=O)Nc2ccnn2Cc2ccc(Br)cc2)c(C)c1. The Morgan fingerprint density at radius 2 is 1.88 bits per heavy atom. The number of halogens is 1. The molecule has 0 aliphatic heterocycles. The maximum Gasteiger partial charge on any atom is 0.257 e. The number of nitrogens with one attached hydrogen (secondary N) is 1. The van der Waals surface area contributed by atoms with Gasteiger partial charge < -0.3 is 5.32 Å². The van der Waals surface area contributed by atoms with Gasteiger partial charge >= 0.3 is 0 Å². The van der Waals surface area contributed by atoms with E-state index in [2.05, 4.69) is 26.3 Å². The molecule has 2 aromatic carbocycles. The average Bonchev–Trinajstić information content (AvgIpc) is 2.96. The fraction of sp³-hybridized carbons (Fsp3) is 0.158. The minimum absolute atomic E-state index is 0.120. The van der Waals surface area contributed by atoms with Crippen LogP contribution in [0, 0.1) is 13.8 Å². The Hall–Kier alpha value is -2.40. The molecule has 1 heterocycles. The molecule has 4 nitrogen and oxygen atoms in total. The number of anilines is 1. The van der Waals surface area contributed by atoms with Crippen LogP contribution in [0.4, 0.5) is 5.82 Å². The highest BCUT2D eigenvalue weighted by Crippen LogP contribution is 2.16. The van der Waals surface area contributed by atoms with Crippen molar-refractivity contribution in [2.45, 2.75) is 20.4 Å². The summed E-state index contributed by atoms with van der Waals surface area (Å²) < 4.78 is 2.82. The second kappa shape index (κ2) is 7.01. The van der Waals surface area contributed by atoms with Crippen molar-refractivity contribution in [3.05, 3.63) is 81.5 Å². The molecular weight excluding hydrogens is 366 g/mol. The van der Waals surface area contributed by atoms with Gasteiger partial charge in [0.2, 0.25) is 0 Å². The Bertz CT molecular complexity index is 869. The van der Waals surface area contributed by atoms with Crippen LogP contribution in [-0.4, -0.2) is 15.7 Å². The molecule has 1 amide bonds. The van der Waals surface area contributed by atoms with E-state index in [0.717, 1.165) is 21.2 Å². The van der Waals surface area contributed by atoms with Crippen LogP contribution >= 0.6 is 15.9 Å². The van der Waals surface area contributed by atoms with Crippen molar-refractivity contribution < 1.29 is 4.79 Å². The zero-order valence-electron chi connectivity index (χ0n) is 13.6. The topological polar surface area (TPSA) is 46.9 Å². The van der Waals surface area contributed by atoms with E-state index in [1.807, 2.05) is 56.3 Å². The third-order valence-corrected chi connectivity index (χ3v) is 4.36. The molecule has 0 fully saturated rings. The summed E-state index contributed by atoms with van der Waals surface area (Å²) in [6.07, 6.45) is 1.69. The fourth-order valence-corrected chi connectivity index (χ4v) is 2.84. The van der Waals surface area contributed by atoms with Crippen LogP contribution in [0.3, 0.4) is 0 Å². The van der Waals surface area contributed by atoms with Crippen molar-refractivity contribution in [2.75, 3.05) is 5.32 Å². The summed E-state index contributed by atoms with van der Waals surface area (Å²) >= 11 is 3.43. The molecule has 0 atom stereocenters. The number of nitrogens with zero attached hydrogens (tertiary/aromatic N) is 2. The molecule has 3 aromatic rings. The first-order chi connectivity index (χ1) is 11.5. The summed E-state index contributed by atoms with van der Waals surface area (Å²) in [6.45, 7) is 4.56. The van der Waals surface area contributed by atoms with E-state index in [4.69, 9.17) is 0 Å². The van der Waals surface area contributed by atoms with Gasteiger partial charge in [-0.25, -0.2) is 4.68 Å². The van der Waals surface area contributed by atoms with Crippen LogP contribution in [0.25, 0.3) is 0 Å². The van der Waals surface area contributed by atoms with Gasteiger partial charge in [-0.3, -0.25) is 4.79 Å². The van der Waals surface area contributed by atoms with Crippen molar-refractivity contribution in [3.8, 4) is 0 Å². The first-order valence-corrected chi connectivity index (χ1v) is 8.47. The van der Waals surface area contributed by atoms with Gasteiger partial charge in [-0.05, 0) is 43.2 Å². The first kappa shape index (κ1) is 16.5. The van der Waals surface area contributed by atoms with Gasteiger partial charge in [0.15, 0.2) is 0 Å². The Morgan fingerprint density at radius 3 is 2.58 bits per heavy atom. The number of hydrogen-bond donors (Lipinski definition) is 1. The predicted molar refractivity (Wildman–Crippen MR) is 99.3 cm³/mol. The summed E-state index contributed by atoms with van der Waals surface area (Å²) in [4.78, 5) is 12.5. The predicted octanol–water partition coefficient (Wildman–Crippen LogP) is 4.56. The molecule has 122 valence electrons. The van der Waals surface area contributed by atoms with Crippen LogP contribution in [0.15, 0.2) is 59.2 Å². The molecule has 3 rings (SSSR count). The second-order valence-corrected chi connectivity index (χ2v) is 6.69. The summed E-state index contributed by atoms with van der Waals surface area (Å²) in [5, 5.41) is 7.26. The molecule has 1 N–H and O–H groups in total. The van der Waals surface area contributed by atoms with Gasteiger partial charge in [0.25, 0.3) is 5.91 Å². The molecule has 24 heavy (non-hydrogen) atoms. The number of rotatable bonds is 4. The quantitative estimate of drug-likeness (QED) is 0.717. The number of aromatic nitrogens is 2. The Labute approximate surface area is 149 Å². The van der Waals surface area contributed by atoms with E-state index >= 15 is 0 Å². The molecule has 0 aliphatic rings. The zero-order chi connectivity index (χ0) is 17.1. The fourth-order valence-electron chi connectivity index (χ4n) is 2.58. The van der Waals surface area contributed by atoms with Gasteiger partial charge in [0, 0.05) is 16.1 Å². The Kier molecular flexibility index (Phi) is 4.81. The van der Waals surface area contributed by atoms with Gasteiger partial charge in [-0.1, -0.05) is 45.8 Å². The number of carbonyl (C=O) groups excluding carboxylic acids is 1. The number of carbonyl (C=O) groups is 1. The molecule has 0 unspecified atom stereocenters. The third-order valence-electron chi connectivity index (χ3n) is 3.83. The molecule has 0 spiro atoms. The van der Waals surface area contributed by atoms with Crippen molar-refractivity contribution in [1.29, 1.82) is 0 Å². The minimum atomic E-state index is -0.120.